The summed E-state index contributed by atoms with van der Waals surface area (Å²) in [7, 11) is 1.69. The number of aliphatic hydroxyl groups excluding tert-OH is 1. The first-order chi connectivity index (χ1) is 16.2. The van der Waals surface area contributed by atoms with E-state index >= 15 is 0 Å². The zero-order valence-electron chi connectivity index (χ0n) is 19.0. The molecule has 2 aromatic rings. The Bertz CT molecular complexity index is 1040. The quantitative estimate of drug-likeness (QED) is 0.317. The molecule has 10 nitrogen and oxygen atoms in total. The van der Waals surface area contributed by atoms with Gasteiger partial charge in [-0.15, -0.1) is 11.3 Å². The first-order valence-corrected chi connectivity index (χ1v) is 12.2. The summed E-state index contributed by atoms with van der Waals surface area (Å²) in [5.41, 5.74) is 0.800. The summed E-state index contributed by atoms with van der Waals surface area (Å²) in [6.07, 6.45) is 1.01. The van der Waals surface area contributed by atoms with E-state index in [1.807, 2.05) is 5.38 Å². The average molecular weight is 488 g/mol. The van der Waals surface area contributed by atoms with Crippen molar-refractivity contribution < 1.29 is 24.1 Å². The molecule has 0 atom stereocenters. The minimum absolute atomic E-state index is 0.225. The van der Waals surface area contributed by atoms with Crippen LogP contribution >= 0.6 is 11.3 Å². The summed E-state index contributed by atoms with van der Waals surface area (Å²) in [6, 6.07) is 6.96. The summed E-state index contributed by atoms with van der Waals surface area (Å²) in [5, 5.41) is 29.6. The number of nitrogens with zero attached hydrogens (tertiary/aromatic N) is 3. The van der Waals surface area contributed by atoms with Crippen molar-refractivity contribution in [1.29, 1.82) is 0 Å². The van der Waals surface area contributed by atoms with Crippen molar-refractivity contribution in [2.45, 2.75) is 37.3 Å². The molecule has 0 unspecified atom stereocenters. The highest BCUT2D eigenvalue weighted by Gasteiger charge is 2.43. The fraction of sp³-hybridized carbons (Fsp3) is 0.478. The Morgan fingerprint density at radius 1 is 1.24 bits per heavy atom. The molecule has 2 aliphatic rings. The molecule has 1 aliphatic carbocycles. The zero-order chi connectivity index (χ0) is 24.3. The second kappa shape index (κ2) is 9.79. The van der Waals surface area contributed by atoms with Gasteiger partial charge in [-0.25, -0.2) is 4.98 Å². The number of nitrogens with one attached hydrogen (secondary N) is 2. The van der Waals surface area contributed by atoms with E-state index in [-0.39, 0.29) is 17.5 Å². The number of quaternary nitrogens is 1. The third-order valence-corrected chi connectivity index (χ3v) is 7.58. The van der Waals surface area contributed by atoms with Crippen LogP contribution in [0.1, 0.15) is 36.0 Å². The number of hydrogen-bond donors (Lipinski definition) is 3. The lowest BCUT2D eigenvalue weighted by Gasteiger charge is -2.45. The molecule has 1 aromatic carbocycles. The summed E-state index contributed by atoms with van der Waals surface area (Å²) in [4.78, 5) is 43.1. The first-order valence-electron chi connectivity index (χ1n) is 11.3. The smallest absolute Gasteiger partial charge is 0.252 e. The van der Waals surface area contributed by atoms with Gasteiger partial charge in [0.1, 0.15) is 5.54 Å². The predicted molar refractivity (Wildman–Crippen MR) is 128 cm³/mol. The van der Waals surface area contributed by atoms with Gasteiger partial charge in [-0.3, -0.25) is 19.7 Å². The van der Waals surface area contributed by atoms with Crippen LogP contribution in [0.2, 0.25) is 0 Å². The molecular formula is C23H29N5O5S. The van der Waals surface area contributed by atoms with Crippen molar-refractivity contribution in [3.05, 3.63) is 40.4 Å². The molecule has 34 heavy (non-hydrogen) atoms. The van der Waals surface area contributed by atoms with Gasteiger partial charge in [-0.05, 0) is 37.8 Å². The van der Waals surface area contributed by atoms with Crippen molar-refractivity contribution in [2.75, 3.05) is 38.1 Å². The number of imide groups is 1. The van der Waals surface area contributed by atoms with Gasteiger partial charge in [0.2, 0.25) is 6.41 Å². The maximum Gasteiger partial charge on any atom is 0.252 e. The van der Waals surface area contributed by atoms with Crippen molar-refractivity contribution in [3.63, 3.8) is 0 Å². The van der Waals surface area contributed by atoms with E-state index in [2.05, 4.69) is 15.5 Å². The number of aliphatic hydroxyl groups is 1. The number of carbonyl (C=O) groups excluding carboxylic acids is 3. The molecule has 2 heterocycles. The molecule has 1 saturated heterocycles. The number of hydroxylamine groups is 3. The van der Waals surface area contributed by atoms with Gasteiger partial charge >= 0.3 is 0 Å². The summed E-state index contributed by atoms with van der Waals surface area (Å²) in [6.45, 7) is 2.40. The van der Waals surface area contributed by atoms with Crippen LogP contribution in [0.4, 0.5) is 5.13 Å². The fourth-order valence-corrected chi connectivity index (χ4v) is 5.29. The van der Waals surface area contributed by atoms with Gasteiger partial charge in [0, 0.05) is 16.5 Å². The highest BCUT2D eigenvalue weighted by atomic mass is 32.1. The number of likely N-dealkylation sites (N-methyl/N-ethyl adjacent to an activating group) is 1. The number of benzene rings is 1. The van der Waals surface area contributed by atoms with Crippen molar-refractivity contribution in [2.24, 2.45) is 0 Å². The normalized spacial score (nSPS) is 24.3. The largest absolute Gasteiger partial charge is 0.633 e. The standard InChI is InChI=1S/C23H29N5O5S/c1-28(33)12-10-27(11-13-28)22-25-19(14-34-22)16-2-4-17(5-3-16)20(31)26-23(21(32)24-15-29)8-6-18(30)7-9-23/h2-5,14-15,18,30H,6-13H2,1H3,(H,26,31)(H,24,29,32). The lowest BCUT2D eigenvalue weighted by molar-refractivity contribution is -0.861. The predicted octanol–water partition coefficient (Wildman–Crippen LogP) is 1.25. The highest BCUT2D eigenvalue weighted by Crippen LogP contribution is 2.31. The van der Waals surface area contributed by atoms with E-state index in [1.165, 1.54) is 11.3 Å². The van der Waals surface area contributed by atoms with Crippen LogP contribution in [-0.2, 0) is 9.59 Å². The average Bonchev–Trinajstić information content (AvgIpc) is 3.31. The maximum atomic E-state index is 12.9. The molecule has 1 aromatic heterocycles. The number of aromatic nitrogens is 1. The molecule has 4 rings (SSSR count). The number of amides is 3. The lowest BCUT2D eigenvalue weighted by Crippen LogP contribution is -2.60. The summed E-state index contributed by atoms with van der Waals surface area (Å²) < 4.78 is -0.225. The lowest BCUT2D eigenvalue weighted by atomic mass is 9.79. The number of anilines is 1. The molecule has 0 radical (unpaired) electrons. The molecule has 3 amide bonds. The van der Waals surface area contributed by atoms with Crippen molar-refractivity contribution in [3.8, 4) is 11.3 Å². The SMILES string of the molecule is C[N+]1([O-])CCN(c2nc(-c3ccc(C(=O)NC4(C(=O)NC=O)CCC(O)CC4)cc3)cs2)CC1. The molecule has 1 saturated carbocycles. The van der Waals surface area contributed by atoms with E-state index in [0.717, 1.165) is 16.4 Å². The number of rotatable bonds is 6. The molecule has 182 valence electrons. The van der Waals surface area contributed by atoms with Gasteiger partial charge in [-0.2, -0.15) is 0 Å². The van der Waals surface area contributed by atoms with Gasteiger partial charge in [0.05, 0.1) is 45.0 Å². The third-order valence-electron chi connectivity index (χ3n) is 6.68. The van der Waals surface area contributed by atoms with Gasteiger partial charge < -0.3 is 25.2 Å². The zero-order valence-corrected chi connectivity index (χ0v) is 19.8. The molecule has 2 fully saturated rings. The van der Waals surface area contributed by atoms with Crippen LogP contribution in [0.3, 0.4) is 0 Å². The van der Waals surface area contributed by atoms with Gasteiger partial charge in [0.15, 0.2) is 5.13 Å². The van der Waals surface area contributed by atoms with Crippen LogP contribution in [0.25, 0.3) is 11.3 Å². The topological polar surface area (TPSA) is 135 Å². The first kappa shape index (κ1) is 24.3. The van der Waals surface area contributed by atoms with Crippen LogP contribution in [0.5, 0.6) is 0 Å². The van der Waals surface area contributed by atoms with E-state index < -0.39 is 23.5 Å². The number of piperazine rings is 1. The Morgan fingerprint density at radius 2 is 1.88 bits per heavy atom. The van der Waals surface area contributed by atoms with Gasteiger partial charge in [-0.1, -0.05) is 12.1 Å². The fourth-order valence-electron chi connectivity index (χ4n) is 4.40. The number of hydrogen-bond acceptors (Lipinski definition) is 8. The van der Waals surface area contributed by atoms with Crippen molar-refractivity contribution in [1.82, 2.24) is 15.6 Å². The summed E-state index contributed by atoms with van der Waals surface area (Å²) >= 11 is 1.53. The van der Waals surface area contributed by atoms with Crippen LogP contribution in [-0.4, -0.2) is 77.8 Å². The van der Waals surface area contributed by atoms with E-state index in [9.17, 15) is 24.7 Å². The minimum atomic E-state index is -1.23. The minimum Gasteiger partial charge on any atom is -0.633 e. The number of thiazole rings is 1. The summed E-state index contributed by atoms with van der Waals surface area (Å²) in [5.74, 6) is -0.988. The molecule has 0 spiro atoms. The Labute approximate surface area is 201 Å². The molecule has 1 aliphatic heterocycles. The molecular weight excluding hydrogens is 458 g/mol. The maximum absolute atomic E-state index is 12.9. The molecule has 0 bridgehead atoms. The highest BCUT2D eigenvalue weighted by molar-refractivity contribution is 7.14. The Kier molecular flexibility index (Phi) is 6.99. The second-order valence-corrected chi connectivity index (χ2v) is 10.0. The van der Waals surface area contributed by atoms with E-state index in [0.29, 0.717) is 51.0 Å². The van der Waals surface area contributed by atoms with E-state index in [1.54, 1.807) is 31.3 Å². The van der Waals surface area contributed by atoms with Crippen molar-refractivity contribution >= 4 is 34.7 Å². The third kappa shape index (κ3) is 5.27. The molecule has 3 N–H and O–H groups in total. The molecule has 11 heteroatoms. The van der Waals surface area contributed by atoms with E-state index in [4.69, 9.17) is 4.98 Å². The van der Waals surface area contributed by atoms with Gasteiger partial charge in [0.25, 0.3) is 11.8 Å². The Morgan fingerprint density at radius 3 is 2.50 bits per heavy atom. The Balaban J connectivity index is 1.44. The van der Waals surface area contributed by atoms with Crippen LogP contribution in [0.15, 0.2) is 29.6 Å². The number of carbonyl (C=O) groups is 3. The monoisotopic (exact) mass is 487 g/mol. The van der Waals surface area contributed by atoms with Crippen LogP contribution < -0.4 is 15.5 Å². The Hall–Kier alpha value is -2.86. The van der Waals surface area contributed by atoms with Crippen LogP contribution in [0, 0.1) is 5.21 Å². The second-order valence-electron chi connectivity index (χ2n) is 9.18.